The first-order valence-corrected chi connectivity index (χ1v) is 14.5. The summed E-state index contributed by atoms with van der Waals surface area (Å²) < 4.78 is 4.55. The number of thioether (sulfide) groups is 1. The molecule has 3 aliphatic heterocycles. The zero-order valence-electron chi connectivity index (χ0n) is 20.2. The number of nitrogens with one attached hydrogen (secondary N) is 1. The van der Waals surface area contributed by atoms with Gasteiger partial charge in [0.25, 0.3) is 0 Å². The van der Waals surface area contributed by atoms with Gasteiger partial charge in [0.2, 0.25) is 11.8 Å². The third kappa shape index (κ3) is 4.47. The summed E-state index contributed by atoms with van der Waals surface area (Å²) in [5.41, 5.74) is 1.38. The second-order valence-corrected chi connectivity index (χ2v) is 12.8. The summed E-state index contributed by atoms with van der Waals surface area (Å²) in [4.78, 5) is 42.8. The van der Waals surface area contributed by atoms with Gasteiger partial charge in [-0.3, -0.25) is 14.4 Å². The summed E-state index contributed by atoms with van der Waals surface area (Å²) in [6.07, 6.45) is 0.910. The minimum absolute atomic E-state index is 0.0618. The molecule has 37 heavy (non-hydrogen) atoms. The van der Waals surface area contributed by atoms with E-state index in [0.717, 1.165) is 5.56 Å². The summed E-state index contributed by atoms with van der Waals surface area (Å²) in [5, 5.41) is 13.6. The van der Waals surface area contributed by atoms with Gasteiger partial charge in [-0.25, -0.2) is 0 Å². The number of hydrogen-bond donors (Lipinski definition) is 2. The van der Waals surface area contributed by atoms with E-state index in [9.17, 15) is 19.5 Å². The number of likely N-dealkylation sites (tertiary alicyclic amines) is 1. The summed E-state index contributed by atoms with van der Waals surface area (Å²) in [5.74, 6) is -2.48. The molecule has 0 saturated carbocycles. The maximum absolute atomic E-state index is 14.2. The number of esters is 1. The predicted octanol–water partition coefficient (Wildman–Crippen LogP) is 3.91. The Morgan fingerprint density at radius 3 is 2.62 bits per heavy atom. The van der Waals surface area contributed by atoms with Gasteiger partial charge in [0.1, 0.15) is 6.04 Å². The van der Waals surface area contributed by atoms with Gasteiger partial charge in [0, 0.05) is 10.1 Å². The molecular formula is C27H28BrClN2O5S. The number of benzene rings is 2. The van der Waals surface area contributed by atoms with E-state index in [2.05, 4.69) is 21.2 Å². The number of amides is 2. The van der Waals surface area contributed by atoms with Crippen molar-refractivity contribution >= 4 is 62.8 Å². The number of halogens is 2. The third-order valence-electron chi connectivity index (χ3n) is 7.58. The third-order valence-corrected chi connectivity index (χ3v) is 11.1. The number of carbonyl (C=O) groups excluding carboxylic acids is 3. The fourth-order valence-corrected chi connectivity index (χ4v) is 9.94. The van der Waals surface area contributed by atoms with Gasteiger partial charge in [-0.2, -0.15) is 0 Å². The van der Waals surface area contributed by atoms with Crippen LogP contribution in [-0.4, -0.2) is 67.9 Å². The van der Waals surface area contributed by atoms with Crippen molar-refractivity contribution < 1.29 is 24.2 Å². The van der Waals surface area contributed by atoms with Crippen LogP contribution in [0.2, 0.25) is 5.02 Å². The first-order chi connectivity index (χ1) is 17.8. The fourth-order valence-electron chi connectivity index (χ4n) is 6.17. The molecule has 2 bridgehead atoms. The van der Waals surface area contributed by atoms with Gasteiger partial charge in [-0.15, -0.1) is 11.8 Å². The van der Waals surface area contributed by atoms with Gasteiger partial charge < -0.3 is 20.1 Å². The lowest BCUT2D eigenvalue weighted by Gasteiger charge is -2.37. The molecule has 1 spiro atoms. The molecule has 7 atom stereocenters. The number of anilines is 1. The highest BCUT2D eigenvalue weighted by Gasteiger charge is 2.76. The van der Waals surface area contributed by atoms with Crippen LogP contribution in [0.15, 0.2) is 54.6 Å². The number of carbonyl (C=O) groups is 3. The number of aliphatic hydroxyl groups excluding tert-OH is 1. The number of fused-ring (bicyclic) bond motifs is 1. The molecule has 2 amide bonds. The Morgan fingerprint density at radius 1 is 1.24 bits per heavy atom. The van der Waals surface area contributed by atoms with E-state index in [0.29, 0.717) is 23.6 Å². The highest BCUT2D eigenvalue weighted by atomic mass is 79.9. The van der Waals surface area contributed by atoms with Crippen molar-refractivity contribution in [1.29, 1.82) is 0 Å². The quantitative estimate of drug-likeness (QED) is 0.349. The molecule has 196 valence electrons. The lowest BCUT2D eigenvalue weighted by atomic mass is 9.71. The van der Waals surface area contributed by atoms with Gasteiger partial charge in [0.15, 0.2) is 0 Å². The summed E-state index contributed by atoms with van der Waals surface area (Å²) >= 11 is 11.6. The lowest BCUT2D eigenvalue weighted by molar-refractivity contribution is -0.154. The number of para-hydroxylation sites is 1. The Labute approximate surface area is 233 Å². The van der Waals surface area contributed by atoms with Crippen LogP contribution in [0.25, 0.3) is 0 Å². The zero-order chi connectivity index (χ0) is 26.3. The Bertz CT molecular complexity index is 1200. The first kappa shape index (κ1) is 26.5. The number of nitrogens with zero attached hydrogens (tertiary/aromatic N) is 1. The van der Waals surface area contributed by atoms with E-state index >= 15 is 0 Å². The summed E-state index contributed by atoms with van der Waals surface area (Å²) in [6.45, 7) is 1.63. The number of alkyl halides is 1. The van der Waals surface area contributed by atoms with E-state index in [1.165, 1.54) is 16.7 Å². The number of rotatable bonds is 8. The zero-order valence-corrected chi connectivity index (χ0v) is 23.3. The van der Waals surface area contributed by atoms with Crippen molar-refractivity contribution in [3.05, 3.63) is 65.2 Å². The van der Waals surface area contributed by atoms with Crippen LogP contribution in [0.4, 0.5) is 5.69 Å². The average Bonchev–Trinajstić information content (AvgIpc) is 3.48. The van der Waals surface area contributed by atoms with Crippen LogP contribution < -0.4 is 5.32 Å². The second kappa shape index (κ2) is 10.6. The monoisotopic (exact) mass is 606 g/mol. The van der Waals surface area contributed by atoms with Crippen molar-refractivity contribution in [3.63, 3.8) is 0 Å². The molecule has 0 aromatic heterocycles. The summed E-state index contributed by atoms with van der Waals surface area (Å²) in [7, 11) is 0. The van der Waals surface area contributed by atoms with Crippen molar-refractivity contribution in [2.45, 2.75) is 46.7 Å². The molecule has 2 aromatic carbocycles. The molecule has 10 heteroatoms. The van der Waals surface area contributed by atoms with Gasteiger partial charge in [0.05, 0.1) is 46.5 Å². The minimum atomic E-state index is -0.906. The molecule has 3 heterocycles. The topological polar surface area (TPSA) is 95.9 Å². The molecule has 0 radical (unpaired) electrons. The van der Waals surface area contributed by atoms with Crippen molar-refractivity contribution in [2.24, 2.45) is 11.8 Å². The molecular weight excluding hydrogens is 580 g/mol. The van der Waals surface area contributed by atoms with Crippen molar-refractivity contribution in [2.75, 3.05) is 18.5 Å². The fraction of sp³-hybridized carbons (Fsp3) is 0.444. The molecule has 0 aliphatic carbocycles. The highest BCUT2D eigenvalue weighted by molar-refractivity contribution is 9.09. The van der Waals surface area contributed by atoms with Crippen LogP contribution in [-0.2, 0) is 25.5 Å². The number of hydrogen-bond acceptors (Lipinski definition) is 6. The predicted molar refractivity (Wildman–Crippen MR) is 147 cm³/mol. The number of ether oxygens (including phenoxy) is 1. The van der Waals surface area contributed by atoms with Crippen LogP contribution in [0.1, 0.15) is 18.9 Å². The van der Waals surface area contributed by atoms with E-state index in [1.807, 2.05) is 30.3 Å². The van der Waals surface area contributed by atoms with Crippen LogP contribution in [0.3, 0.4) is 0 Å². The van der Waals surface area contributed by atoms with Crippen LogP contribution in [0, 0.1) is 11.8 Å². The molecule has 2 aromatic rings. The Balaban J connectivity index is 1.57. The first-order valence-electron chi connectivity index (χ1n) is 12.3. The molecule has 7 nitrogen and oxygen atoms in total. The number of aliphatic hydroxyl groups is 1. The van der Waals surface area contributed by atoms with Crippen molar-refractivity contribution in [3.8, 4) is 0 Å². The second-order valence-electron chi connectivity index (χ2n) is 9.66. The summed E-state index contributed by atoms with van der Waals surface area (Å²) in [6, 6.07) is 14.9. The van der Waals surface area contributed by atoms with Gasteiger partial charge in [-0.1, -0.05) is 70.0 Å². The molecule has 5 rings (SSSR count). The molecule has 3 saturated heterocycles. The van der Waals surface area contributed by atoms with Crippen LogP contribution >= 0.6 is 39.3 Å². The lowest BCUT2D eigenvalue weighted by Crippen LogP contribution is -2.55. The molecule has 3 fully saturated rings. The average molecular weight is 608 g/mol. The van der Waals surface area contributed by atoms with Gasteiger partial charge >= 0.3 is 5.97 Å². The normalized spacial score (nSPS) is 30.8. The minimum Gasteiger partial charge on any atom is -0.466 e. The Kier molecular flexibility index (Phi) is 7.60. The Morgan fingerprint density at radius 2 is 1.95 bits per heavy atom. The maximum Gasteiger partial charge on any atom is 0.310 e. The van der Waals surface area contributed by atoms with E-state index in [4.69, 9.17) is 16.3 Å². The van der Waals surface area contributed by atoms with Gasteiger partial charge in [-0.05, 0) is 37.5 Å². The largest absolute Gasteiger partial charge is 0.466 e. The molecule has 3 unspecified atom stereocenters. The SMILES string of the molecule is CCOC(=O)[C@H]1[C@@H]2SC3(CC2Br)C(C(=O)Nc2ccccc2Cl)N([C@@H](CO)Cc2ccccc2)C(=O)[C@H]13. The standard InChI is InChI=1S/C27H28BrClN2O5S/c1-2-36-26(35)20-21-25(34)31(16(14-32)12-15-8-4-3-5-9-15)23(27(21)13-17(28)22(20)37-27)24(33)30-19-11-7-6-10-18(19)29/h3-11,16-17,20-23,32H,2,12-14H2,1H3,(H,30,33)/t16-,17?,20-,21+,22-,23?,27?/m1/s1. The maximum atomic E-state index is 14.2. The smallest absolute Gasteiger partial charge is 0.310 e. The van der Waals surface area contributed by atoms with E-state index in [-0.39, 0.29) is 35.1 Å². The molecule has 2 N–H and O–H groups in total. The highest BCUT2D eigenvalue weighted by Crippen LogP contribution is 2.68. The van der Waals surface area contributed by atoms with Crippen molar-refractivity contribution in [1.82, 2.24) is 4.90 Å². The van der Waals surface area contributed by atoms with Crippen LogP contribution in [0.5, 0.6) is 0 Å². The molecule has 3 aliphatic rings. The van der Waals surface area contributed by atoms with E-state index < -0.39 is 34.6 Å². The Hall–Kier alpha value is -2.07. The van der Waals surface area contributed by atoms with E-state index in [1.54, 1.807) is 31.2 Å².